The topological polar surface area (TPSA) is 71.8 Å². The fourth-order valence-corrected chi connectivity index (χ4v) is 0.915. The maximum atomic E-state index is 10.8. The molecule has 6 nitrogen and oxygen atoms in total. The minimum atomic E-state index is 0.0607. The van der Waals surface area contributed by atoms with Crippen LogP contribution in [0.4, 0.5) is 0 Å². The van der Waals surface area contributed by atoms with Crippen molar-refractivity contribution in [1.29, 1.82) is 0 Å². The lowest BCUT2D eigenvalue weighted by Gasteiger charge is -2.05. The predicted octanol–water partition coefficient (Wildman–Crippen LogP) is -1.16. The summed E-state index contributed by atoms with van der Waals surface area (Å²) in [7, 11) is 0. The van der Waals surface area contributed by atoms with Crippen LogP contribution < -0.4 is 10.7 Å². The zero-order chi connectivity index (χ0) is 8.39. The van der Waals surface area contributed by atoms with E-state index in [2.05, 4.69) is 20.9 Å². The number of rotatable bonds is 2. The Hall–Kier alpha value is -1.85. The molecule has 6 heteroatoms. The van der Waals surface area contributed by atoms with Crippen LogP contribution in [0.3, 0.4) is 0 Å². The second-order valence-electron chi connectivity index (χ2n) is 2.36. The second-order valence-corrected chi connectivity index (χ2v) is 2.36. The summed E-state index contributed by atoms with van der Waals surface area (Å²) in [6, 6.07) is 0. The molecule has 0 radical (unpaired) electrons. The Balaban J connectivity index is 2.05. The molecule has 0 amide bonds. The van der Waals surface area contributed by atoms with Gasteiger partial charge in [0.1, 0.15) is 18.5 Å². The summed E-state index contributed by atoms with van der Waals surface area (Å²) in [5, 5.41) is 10.1. The van der Waals surface area contributed by atoms with E-state index in [1.54, 1.807) is 4.68 Å². The van der Waals surface area contributed by atoms with Crippen molar-refractivity contribution in [3.05, 3.63) is 24.6 Å². The smallest absolute Gasteiger partial charge is 0.178 e. The number of ketones is 1. The van der Waals surface area contributed by atoms with Crippen molar-refractivity contribution in [3.8, 4) is 0 Å². The Morgan fingerprint density at radius 1 is 1.50 bits per heavy atom. The van der Waals surface area contributed by atoms with Crippen molar-refractivity contribution in [1.82, 2.24) is 20.2 Å². The first-order chi connectivity index (χ1) is 5.84. The lowest BCUT2D eigenvalue weighted by molar-refractivity contribution is -0.113. The van der Waals surface area contributed by atoms with Gasteiger partial charge in [-0.1, -0.05) is 0 Å². The highest BCUT2D eigenvalue weighted by molar-refractivity contribution is 5.94. The van der Waals surface area contributed by atoms with Crippen LogP contribution in [-0.2, 0) is 4.79 Å². The molecule has 0 saturated carbocycles. The number of nitrogens with zero attached hydrogens (tertiary/aromatic N) is 3. The van der Waals surface area contributed by atoms with Gasteiger partial charge in [-0.25, -0.2) is 4.68 Å². The second kappa shape index (κ2) is 2.65. The molecule has 0 atom stereocenters. The summed E-state index contributed by atoms with van der Waals surface area (Å²) in [6.45, 7) is 0.352. The van der Waals surface area contributed by atoms with Crippen molar-refractivity contribution in [2.75, 3.05) is 12.0 Å². The summed E-state index contributed by atoms with van der Waals surface area (Å²) >= 11 is 0. The minimum absolute atomic E-state index is 0.0607. The molecule has 1 aromatic heterocycles. The minimum Gasteiger partial charge on any atom is -0.363 e. The first kappa shape index (κ1) is 6.84. The summed E-state index contributed by atoms with van der Waals surface area (Å²) in [5.41, 5.74) is 2.87. The number of carbonyl (C=O) groups excluding carboxylic acids is 1. The predicted molar refractivity (Wildman–Crippen MR) is 40.5 cm³/mol. The van der Waals surface area contributed by atoms with Gasteiger partial charge in [0.05, 0.1) is 6.54 Å². The van der Waals surface area contributed by atoms with Crippen LogP contribution in [0.1, 0.15) is 0 Å². The van der Waals surface area contributed by atoms with E-state index in [4.69, 9.17) is 0 Å². The molecule has 0 bridgehead atoms. The van der Waals surface area contributed by atoms with Crippen LogP contribution in [0, 0.1) is 0 Å². The van der Waals surface area contributed by atoms with Gasteiger partial charge in [0, 0.05) is 6.08 Å². The molecule has 1 aliphatic heterocycles. The fraction of sp³-hybridized carbons (Fsp3) is 0.167. The number of hydrogen-bond donors (Lipinski definition) is 2. The van der Waals surface area contributed by atoms with Gasteiger partial charge in [0.15, 0.2) is 5.78 Å². The monoisotopic (exact) mass is 165 g/mol. The van der Waals surface area contributed by atoms with Crippen LogP contribution in [0.15, 0.2) is 24.6 Å². The van der Waals surface area contributed by atoms with E-state index in [1.165, 1.54) is 18.7 Å². The zero-order valence-corrected chi connectivity index (χ0v) is 6.19. The molecular weight excluding hydrogens is 158 g/mol. The molecule has 62 valence electrons. The third-order valence-electron chi connectivity index (χ3n) is 1.43. The first-order valence-corrected chi connectivity index (χ1v) is 3.44. The van der Waals surface area contributed by atoms with Crippen LogP contribution in [0.5, 0.6) is 0 Å². The molecule has 0 aromatic carbocycles. The molecule has 12 heavy (non-hydrogen) atoms. The Bertz CT molecular complexity index is 315. The third kappa shape index (κ3) is 1.26. The van der Waals surface area contributed by atoms with Gasteiger partial charge < -0.3 is 5.32 Å². The lowest BCUT2D eigenvalue weighted by Crippen LogP contribution is -2.22. The average molecular weight is 165 g/mol. The number of carbonyl (C=O) groups is 1. The van der Waals surface area contributed by atoms with Gasteiger partial charge in [0.25, 0.3) is 0 Å². The molecule has 0 aliphatic carbocycles. The highest BCUT2D eigenvalue weighted by Gasteiger charge is 2.09. The van der Waals surface area contributed by atoms with Crippen LogP contribution in [0.25, 0.3) is 0 Å². The van der Waals surface area contributed by atoms with Crippen LogP contribution in [0.2, 0.25) is 0 Å². The van der Waals surface area contributed by atoms with Gasteiger partial charge in [-0.2, -0.15) is 0 Å². The fourth-order valence-electron chi connectivity index (χ4n) is 0.915. The van der Waals surface area contributed by atoms with E-state index < -0.39 is 0 Å². The molecule has 0 unspecified atom stereocenters. The maximum absolute atomic E-state index is 10.8. The molecule has 0 spiro atoms. The third-order valence-corrected chi connectivity index (χ3v) is 1.43. The summed E-state index contributed by atoms with van der Waals surface area (Å²) < 4.78 is 1.55. The van der Waals surface area contributed by atoms with Crippen molar-refractivity contribution >= 4 is 5.78 Å². The molecule has 2 rings (SSSR count). The summed E-state index contributed by atoms with van der Waals surface area (Å²) in [5.74, 6) is 0.727. The van der Waals surface area contributed by atoms with Crippen molar-refractivity contribution in [2.45, 2.75) is 0 Å². The summed E-state index contributed by atoms with van der Waals surface area (Å²) in [4.78, 5) is 10.8. The zero-order valence-electron chi connectivity index (χ0n) is 6.19. The van der Waals surface area contributed by atoms with E-state index in [0.29, 0.717) is 12.4 Å². The molecule has 1 aliphatic rings. The molecule has 0 fully saturated rings. The quantitative estimate of drug-likeness (QED) is 0.578. The normalized spacial score (nSPS) is 15.7. The van der Waals surface area contributed by atoms with E-state index in [-0.39, 0.29) is 5.78 Å². The summed E-state index contributed by atoms with van der Waals surface area (Å²) in [6.07, 6.45) is 4.51. The maximum Gasteiger partial charge on any atom is 0.178 e. The Morgan fingerprint density at radius 3 is 2.83 bits per heavy atom. The van der Waals surface area contributed by atoms with Gasteiger partial charge in [-0.05, 0) is 0 Å². The standard InChI is InChI=1S/C6H7N5O/c12-5-1-6(7-2-5)10-11-3-8-9-4-11/h1,3-4,7,10H,2H2. The van der Waals surface area contributed by atoms with E-state index >= 15 is 0 Å². The van der Waals surface area contributed by atoms with Crippen LogP contribution in [-0.4, -0.2) is 27.2 Å². The van der Waals surface area contributed by atoms with E-state index in [1.807, 2.05) is 0 Å². The van der Waals surface area contributed by atoms with E-state index in [9.17, 15) is 4.79 Å². The SMILES string of the molecule is O=C1C=C(Nn2cnnc2)NC1. The Kier molecular flexibility index (Phi) is 1.51. The van der Waals surface area contributed by atoms with Crippen molar-refractivity contribution in [3.63, 3.8) is 0 Å². The Labute approximate surface area is 68.3 Å². The Morgan fingerprint density at radius 2 is 2.25 bits per heavy atom. The van der Waals surface area contributed by atoms with Gasteiger partial charge in [0.2, 0.25) is 0 Å². The molecule has 0 saturated heterocycles. The first-order valence-electron chi connectivity index (χ1n) is 3.44. The van der Waals surface area contributed by atoms with Gasteiger partial charge in [-0.3, -0.25) is 10.2 Å². The number of hydrogen-bond acceptors (Lipinski definition) is 5. The lowest BCUT2D eigenvalue weighted by atomic mass is 10.4. The largest absolute Gasteiger partial charge is 0.363 e. The van der Waals surface area contributed by atoms with Crippen molar-refractivity contribution < 1.29 is 4.79 Å². The average Bonchev–Trinajstić information content (AvgIpc) is 2.63. The molecule has 1 aromatic rings. The molecule has 2 N–H and O–H groups in total. The van der Waals surface area contributed by atoms with E-state index in [0.717, 1.165) is 0 Å². The van der Waals surface area contributed by atoms with Crippen molar-refractivity contribution in [2.24, 2.45) is 0 Å². The molecular formula is C6H7N5O. The van der Waals surface area contributed by atoms with Crippen LogP contribution >= 0.6 is 0 Å². The highest BCUT2D eigenvalue weighted by atomic mass is 16.1. The highest BCUT2D eigenvalue weighted by Crippen LogP contribution is 1.94. The number of aromatic nitrogens is 3. The number of nitrogens with one attached hydrogen (secondary N) is 2. The molecule has 2 heterocycles. The van der Waals surface area contributed by atoms with Gasteiger partial charge in [-0.15, -0.1) is 10.2 Å². The van der Waals surface area contributed by atoms with Gasteiger partial charge >= 0.3 is 0 Å².